The molecule has 7 heteroatoms. The minimum absolute atomic E-state index is 0.0732. The standard InChI is InChI=1S/C20H25N3O4/c1-5-8-16(24)22-14-9-7-10-15(11-14)23-19(25)18-12(3)17(13(4)21-18)20(26)27-6-2/h7,9-11,21H,5-6,8H2,1-4H3,(H,22,24)(H,23,25). The normalized spacial score (nSPS) is 10.4. The third-order valence-electron chi connectivity index (χ3n) is 4.03. The van der Waals surface area contributed by atoms with Crippen LogP contribution in [0.3, 0.4) is 0 Å². The number of H-pyrrole nitrogens is 1. The van der Waals surface area contributed by atoms with Crippen LogP contribution >= 0.6 is 0 Å². The molecular formula is C20H25N3O4. The van der Waals surface area contributed by atoms with Crippen molar-refractivity contribution in [3.05, 3.63) is 46.8 Å². The minimum atomic E-state index is -0.455. The highest BCUT2D eigenvalue weighted by Gasteiger charge is 2.22. The van der Waals surface area contributed by atoms with E-state index in [9.17, 15) is 14.4 Å². The van der Waals surface area contributed by atoms with Gasteiger partial charge in [-0.2, -0.15) is 0 Å². The van der Waals surface area contributed by atoms with Gasteiger partial charge in [0.25, 0.3) is 5.91 Å². The van der Waals surface area contributed by atoms with Gasteiger partial charge in [-0.15, -0.1) is 0 Å². The Hall–Kier alpha value is -3.09. The molecule has 2 aromatic rings. The molecule has 0 spiro atoms. The smallest absolute Gasteiger partial charge is 0.340 e. The van der Waals surface area contributed by atoms with Gasteiger partial charge in [-0.3, -0.25) is 9.59 Å². The maximum atomic E-state index is 12.6. The number of benzene rings is 1. The highest BCUT2D eigenvalue weighted by Crippen LogP contribution is 2.21. The molecule has 0 saturated heterocycles. The molecule has 1 aromatic carbocycles. The lowest BCUT2D eigenvalue weighted by atomic mass is 10.1. The van der Waals surface area contributed by atoms with E-state index in [0.29, 0.717) is 40.3 Å². The highest BCUT2D eigenvalue weighted by atomic mass is 16.5. The first-order valence-electron chi connectivity index (χ1n) is 8.94. The summed E-state index contributed by atoms with van der Waals surface area (Å²) in [5, 5.41) is 5.57. The van der Waals surface area contributed by atoms with E-state index in [4.69, 9.17) is 4.74 Å². The molecule has 0 bridgehead atoms. The first-order chi connectivity index (χ1) is 12.9. The predicted molar refractivity (Wildman–Crippen MR) is 104 cm³/mol. The Morgan fingerprint density at radius 2 is 1.74 bits per heavy atom. The van der Waals surface area contributed by atoms with Crippen LogP contribution in [-0.4, -0.2) is 29.4 Å². The molecule has 0 aliphatic heterocycles. The monoisotopic (exact) mass is 371 g/mol. The third kappa shape index (κ3) is 4.97. The second-order valence-electron chi connectivity index (χ2n) is 6.18. The van der Waals surface area contributed by atoms with Crippen LogP contribution in [0.1, 0.15) is 58.8 Å². The Morgan fingerprint density at radius 3 is 2.37 bits per heavy atom. The summed E-state index contributed by atoms with van der Waals surface area (Å²) in [5.74, 6) is -0.900. The number of nitrogens with one attached hydrogen (secondary N) is 3. The van der Waals surface area contributed by atoms with Gasteiger partial charge in [-0.1, -0.05) is 13.0 Å². The SMILES string of the molecule is CCCC(=O)Nc1cccc(NC(=O)c2[nH]c(C)c(C(=O)OCC)c2C)c1. The Balaban J connectivity index is 2.17. The number of rotatable bonds is 7. The molecule has 0 saturated carbocycles. The van der Waals surface area contributed by atoms with Crippen molar-refractivity contribution in [1.29, 1.82) is 0 Å². The number of hydrogen-bond acceptors (Lipinski definition) is 4. The van der Waals surface area contributed by atoms with Gasteiger partial charge in [0.05, 0.1) is 12.2 Å². The second kappa shape index (κ2) is 9.02. The zero-order chi connectivity index (χ0) is 20.0. The number of aryl methyl sites for hydroxylation is 1. The molecule has 144 valence electrons. The Morgan fingerprint density at radius 1 is 1.07 bits per heavy atom. The van der Waals surface area contributed by atoms with Crippen LogP contribution in [0.2, 0.25) is 0 Å². The largest absolute Gasteiger partial charge is 0.462 e. The summed E-state index contributed by atoms with van der Waals surface area (Å²) in [7, 11) is 0. The highest BCUT2D eigenvalue weighted by molar-refractivity contribution is 6.07. The van der Waals surface area contributed by atoms with Crippen molar-refractivity contribution < 1.29 is 19.1 Å². The van der Waals surface area contributed by atoms with Crippen LogP contribution in [-0.2, 0) is 9.53 Å². The lowest BCUT2D eigenvalue weighted by molar-refractivity contribution is -0.116. The average molecular weight is 371 g/mol. The third-order valence-corrected chi connectivity index (χ3v) is 4.03. The number of anilines is 2. The summed E-state index contributed by atoms with van der Waals surface area (Å²) >= 11 is 0. The van der Waals surface area contributed by atoms with Gasteiger partial charge in [0.1, 0.15) is 5.69 Å². The summed E-state index contributed by atoms with van der Waals surface area (Å²) < 4.78 is 5.04. The molecule has 0 aliphatic carbocycles. The number of esters is 1. The molecule has 1 heterocycles. The fraction of sp³-hybridized carbons (Fsp3) is 0.350. The van der Waals surface area contributed by atoms with Gasteiger partial charge in [0.15, 0.2) is 0 Å². The van der Waals surface area contributed by atoms with E-state index in [2.05, 4.69) is 15.6 Å². The maximum Gasteiger partial charge on any atom is 0.340 e. The topological polar surface area (TPSA) is 100 Å². The lowest BCUT2D eigenvalue weighted by Gasteiger charge is -2.09. The first kappa shape index (κ1) is 20.2. The molecule has 0 aliphatic rings. The zero-order valence-electron chi connectivity index (χ0n) is 16.1. The molecule has 2 rings (SSSR count). The summed E-state index contributed by atoms with van der Waals surface area (Å²) in [6, 6.07) is 6.91. The predicted octanol–water partition coefficient (Wildman–Crippen LogP) is 3.80. The van der Waals surface area contributed by atoms with Crippen LogP contribution in [0.5, 0.6) is 0 Å². The van der Waals surface area contributed by atoms with E-state index in [-0.39, 0.29) is 18.4 Å². The van der Waals surface area contributed by atoms with Gasteiger partial charge in [-0.05, 0) is 51.0 Å². The van der Waals surface area contributed by atoms with Crippen LogP contribution in [0.25, 0.3) is 0 Å². The Bertz CT molecular complexity index is 855. The minimum Gasteiger partial charge on any atom is -0.462 e. The van der Waals surface area contributed by atoms with Crippen LogP contribution in [0, 0.1) is 13.8 Å². The number of carbonyl (C=O) groups excluding carboxylic acids is 3. The molecular weight excluding hydrogens is 346 g/mol. The lowest BCUT2D eigenvalue weighted by Crippen LogP contribution is -2.15. The van der Waals surface area contributed by atoms with Crippen molar-refractivity contribution in [2.24, 2.45) is 0 Å². The first-order valence-corrected chi connectivity index (χ1v) is 8.94. The van der Waals surface area contributed by atoms with E-state index < -0.39 is 5.97 Å². The second-order valence-corrected chi connectivity index (χ2v) is 6.18. The zero-order valence-corrected chi connectivity index (χ0v) is 16.1. The van der Waals surface area contributed by atoms with Gasteiger partial charge in [-0.25, -0.2) is 4.79 Å². The molecule has 2 amide bonds. The number of ether oxygens (including phenoxy) is 1. The molecule has 0 fully saturated rings. The molecule has 1 aromatic heterocycles. The summed E-state index contributed by atoms with van der Waals surface area (Å²) in [5.41, 5.74) is 2.95. The van der Waals surface area contributed by atoms with E-state index >= 15 is 0 Å². The number of aromatic nitrogens is 1. The van der Waals surface area contributed by atoms with Crippen molar-refractivity contribution in [1.82, 2.24) is 4.98 Å². The van der Waals surface area contributed by atoms with Gasteiger partial charge in [0, 0.05) is 23.5 Å². The molecule has 3 N–H and O–H groups in total. The molecule has 7 nitrogen and oxygen atoms in total. The van der Waals surface area contributed by atoms with E-state index in [1.165, 1.54) is 0 Å². The average Bonchev–Trinajstić information content (AvgIpc) is 2.90. The van der Waals surface area contributed by atoms with Crippen molar-refractivity contribution in [2.45, 2.75) is 40.5 Å². The van der Waals surface area contributed by atoms with Gasteiger partial charge < -0.3 is 20.4 Å². The van der Waals surface area contributed by atoms with Crippen molar-refractivity contribution in [3.8, 4) is 0 Å². The van der Waals surface area contributed by atoms with Gasteiger partial charge in [0.2, 0.25) is 5.91 Å². The van der Waals surface area contributed by atoms with E-state index in [1.54, 1.807) is 45.0 Å². The summed E-state index contributed by atoms with van der Waals surface area (Å²) in [4.78, 5) is 39.4. The summed E-state index contributed by atoms with van der Waals surface area (Å²) in [6.07, 6.45) is 1.20. The number of amides is 2. The Kier molecular flexibility index (Phi) is 6.76. The van der Waals surface area contributed by atoms with Crippen molar-refractivity contribution >= 4 is 29.2 Å². The number of hydrogen-bond donors (Lipinski definition) is 3. The molecule has 27 heavy (non-hydrogen) atoms. The molecule has 0 unspecified atom stereocenters. The van der Waals surface area contributed by atoms with E-state index in [0.717, 1.165) is 6.42 Å². The maximum absolute atomic E-state index is 12.6. The number of carbonyl (C=O) groups is 3. The Labute approximate surface area is 158 Å². The van der Waals surface area contributed by atoms with E-state index in [1.807, 2.05) is 6.92 Å². The fourth-order valence-electron chi connectivity index (χ4n) is 2.81. The summed E-state index contributed by atoms with van der Waals surface area (Å²) in [6.45, 7) is 7.35. The fourth-order valence-corrected chi connectivity index (χ4v) is 2.81. The quantitative estimate of drug-likeness (QED) is 0.645. The van der Waals surface area contributed by atoms with Crippen LogP contribution in [0.15, 0.2) is 24.3 Å². The van der Waals surface area contributed by atoms with Crippen LogP contribution < -0.4 is 10.6 Å². The van der Waals surface area contributed by atoms with Crippen molar-refractivity contribution in [3.63, 3.8) is 0 Å². The number of aromatic amines is 1. The van der Waals surface area contributed by atoms with Crippen molar-refractivity contribution in [2.75, 3.05) is 17.2 Å². The molecule has 0 radical (unpaired) electrons. The van der Waals surface area contributed by atoms with Gasteiger partial charge >= 0.3 is 5.97 Å². The van der Waals surface area contributed by atoms with Crippen LogP contribution in [0.4, 0.5) is 11.4 Å². The molecule has 0 atom stereocenters.